The van der Waals surface area contributed by atoms with Crippen LogP contribution in [0.5, 0.6) is 0 Å². The van der Waals surface area contributed by atoms with Crippen molar-refractivity contribution in [1.82, 2.24) is 10.4 Å². The van der Waals surface area contributed by atoms with E-state index in [9.17, 15) is 24.5 Å². The fraction of sp³-hybridized carbons (Fsp3) is 0.438. The number of carbonyl (C=O) groups excluding carboxylic acids is 3. The van der Waals surface area contributed by atoms with Crippen LogP contribution >= 0.6 is 0 Å². The molecule has 4 atom stereocenters. The number of benzene rings is 1. The maximum absolute atomic E-state index is 12.5. The van der Waals surface area contributed by atoms with E-state index in [0.717, 1.165) is 24.3 Å². The quantitative estimate of drug-likeness (QED) is 0.510. The summed E-state index contributed by atoms with van der Waals surface area (Å²) in [5.74, 6) is -1.38. The van der Waals surface area contributed by atoms with Crippen molar-refractivity contribution >= 4 is 23.4 Å². The van der Waals surface area contributed by atoms with Gasteiger partial charge in [-0.05, 0) is 43.2 Å². The molecule has 0 aromatic heterocycles. The highest BCUT2D eigenvalue weighted by Crippen LogP contribution is 2.55. The van der Waals surface area contributed by atoms with Crippen LogP contribution in [-0.4, -0.2) is 27.7 Å². The monoisotopic (exact) mass is 329 g/mol. The van der Waals surface area contributed by atoms with Crippen LogP contribution in [0.15, 0.2) is 24.3 Å². The first-order valence-electron chi connectivity index (χ1n) is 7.90. The number of nitro benzene ring substituents is 1. The predicted molar refractivity (Wildman–Crippen MR) is 80.2 cm³/mol. The summed E-state index contributed by atoms with van der Waals surface area (Å²) in [5, 5.41) is 11.5. The summed E-state index contributed by atoms with van der Waals surface area (Å²) in [5.41, 5.74) is 2.39. The lowest BCUT2D eigenvalue weighted by atomic mass is 9.81. The molecule has 8 nitrogen and oxygen atoms in total. The number of nitrogens with one attached hydrogen (secondary N) is 1. The predicted octanol–water partition coefficient (Wildman–Crippen LogP) is 1.27. The Morgan fingerprint density at radius 3 is 2.12 bits per heavy atom. The minimum absolute atomic E-state index is 0.133. The van der Waals surface area contributed by atoms with Crippen molar-refractivity contribution in [3.8, 4) is 0 Å². The van der Waals surface area contributed by atoms with Gasteiger partial charge in [0.2, 0.25) is 0 Å². The molecular formula is C16H15N3O5. The largest absolute Gasteiger partial charge is 0.272 e. The number of amides is 3. The van der Waals surface area contributed by atoms with Crippen LogP contribution in [-0.2, 0) is 9.59 Å². The number of hydrogen-bond acceptors (Lipinski definition) is 5. The second kappa shape index (κ2) is 5.12. The first-order chi connectivity index (χ1) is 11.5. The van der Waals surface area contributed by atoms with Crippen molar-refractivity contribution < 1.29 is 19.3 Å². The summed E-state index contributed by atoms with van der Waals surface area (Å²) in [7, 11) is 0. The Labute approximate surface area is 136 Å². The van der Waals surface area contributed by atoms with Gasteiger partial charge in [0.25, 0.3) is 23.4 Å². The van der Waals surface area contributed by atoms with Crippen LogP contribution in [0, 0.1) is 33.8 Å². The summed E-state index contributed by atoms with van der Waals surface area (Å²) >= 11 is 0. The van der Waals surface area contributed by atoms with Gasteiger partial charge in [0, 0.05) is 17.7 Å². The van der Waals surface area contributed by atoms with Gasteiger partial charge in [0.05, 0.1) is 16.8 Å². The molecule has 1 aromatic rings. The third-order valence-electron chi connectivity index (χ3n) is 5.48. The topological polar surface area (TPSA) is 110 Å². The van der Waals surface area contributed by atoms with E-state index in [4.69, 9.17) is 0 Å². The fourth-order valence-electron chi connectivity index (χ4n) is 4.42. The lowest BCUT2D eigenvalue weighted by Gasteiger charge is -2.19. The van der Waals surface area contributed by atoms with Gasteiger partial charge >= 0.3 is 0 Å². The molecule has 24 heavy (non-hydrogen) atoms. The number of hydrogen-bond donors (Lipinski definition) is 1. The van der Waals surface area contributed by atoms with Crippen molar-refractivity contribution in [2.24, 2.45) is 23.7 Å². The lowest BCUT2D eigenvalue weighted by molar-refractivity contribution is -0.384. The third kappa shape index (κ3) is 2.02. The minimum atomic E-state index is -0.626. The van der Waals surface area contributed by atoms with Gasteiger partial charge in [-0.25, -0.2) is 0 Å². The zero-order valence-electron chi connectivity index (χ0n) is 12.7. The van der Waals surface area contributed by atoms with Gasteiger partial charge in [0.15, 0.2) is 0 Å². The number of fused-ring (bicyclic) bond motifs is 5. The zero-order chi connectivity index (χ0) is 17.0. The van der Waals surface area contributed by atoms with Crippen LogP contribution in [0.3, 0.4) is 0 Å². The van der Waals surface area contributed by atoms with E-state index < -0.39 is 10.8 Å². The number of imide groups is 1. The van der Waals surface area contributed by atoms with Crippen LogP contribution in [0.4, 0.5) is 5.69 Å². The van der Waals surface area contributed by atoms with Gasteiger partial charge in [0.1, 0.15) is 0 Å². The standard InChI is InChI=1S/C16H15N3O5/c20-14(8-3-5-11(6-4-8)19(23)24)17-18-15(21)12-9-1-2-10(7-9)13(12)16(18)22/h3-6,9-10,12-13H,1-2,7H2,(H,17,20)/t9-,10-,12-,13+/m0/s1. The van der Waals surface area contributed by atoms with Crippen molar-refractivity contribution in [3.05, 3.63) is 39.9 Å². The maximum Gasteiger partial charge on any atom is 0.270 e. The van der Waals surface area contributed by atoms with Crippen molar-refractivity contribution in [3.63, 3.8) is 0 Å². The van der Waals surface area contributed by atoms with Gasteiger partial charge in [-0.2, -0.15) is 5.01 Å². The Morgan fingerprint density at radius 2 is 1.62 bits per heavy atom. The molecule has 1 aromatic carbocycles. The Kier molecular flexibility index (Phi) is 3.16. The van der Waals surface area contributed by atoms with E-state index in [2.05, 4.69) is 5.43 Å². The van der Waals surface area contributed by atoms with E-state index in [-0.39, 0.29) is 46.7 Å². The van der Waals surface area contributed by atoms with Crippen LogP contribution in [0.1, 0.15) is 29.6 Å². The minimum Gasteiger partial charge on any atom is -0.272 e. The Morgan fingerprint density at radius 1 is 1.08 bits per heavy atom. The second-order valence-corrected chi connectivity index (χ2v) is 6.64. The van der Waals surface area contributed by atoms with Crippen molar-refractivity contribution in [1.29, 1.82) is 0 Å². The van der Waals surface area contributed by atoms with Crippen LogP contribution in [0.25, 0.3) is 0 Å². The number of nitro groups is 1. The smallest absolute Gasteiger partial charge is 0.270 e. The first-order valence-corrected chi connectivity index (χ1v) is 7.90. The maximum atomic E-state index is 12.5. The highest BCUT2D eigenvalue weighted by atomic mass is 16.6. The molecule has 2 saturated carbocycles. The highest BCUT2D eigenvalue weighted by molar-refractivity contribution is 6.08. The third-order valence-corrected chi connectivity index (χ3v) is 5.48. The number of nitrogens with zero attached hydrogens (tertiary/aromatic N) is 2. The van der Waals surface area contributed by atoms with Gasteiger partial charge in [-0.15, -0.1) is 0 Å². The zero-order valence-corrected chi connectivity index (χ0v) is 12.7. The summed E-state index contributed by atoms with van der Waals surface area (Å²) < 4.78 is 0. The van der Waals surface area contributed by atoms with E-state index >= 15 is 0 Å². The summed E-state index contributed by atoms with van der Waals surface area (Å²) in [6.07, 6.45) is 2.86. The first kappa shape index (κ1) is 14.8. The molecule has 2 bridgehead atoms. The van der Waals surface area contributed by atoms with Gasteiger partial charge in [-0.3, -0.25) is 29.9 Å². The molecule has 1 heterocycles. The van der Waals surface area contributed by atoms with E-state index in [1.165, 1.54) is 24.3 Å². The summed E-state index contributed by atoms with van der Waals surface area (Å²) in [6, 6.07) is 5.00. The molecular weight excluding hydrogens is 314 g/mol. The Balaban J connectivity index is 1.51. The molecule has 0 radical (unpaired) electrons. The van der Waals surface area contributed by atoms with Gasteiger partial charge in [-0.1, -0.05) is 0 Å². The van der Waals surface area contributed by atoms with E-state index in [1.807, 2.05) is 0 Å². The average molecular weight is 329 g/mol. The van der Waals surface area contributed by atoms with Crippen LogP contribution < -0.4 is 5.43 Å². The molecule has 4 rings (SSSR count). The fourth-order valence-corrected chi connectivity index (χ4v) is 4.42. The SMILES string of the molecule is O=C(NN1C(=O)[C@@H]2[C@H]3CC[C@@H](C3)[C@@H]2C1=O)c1ccc([N+](=O)[O-])cc1. The number of carbonyl (C=O) groups is 3. The molecule has 0 spiro atoms. The van der Waals surface area contributed by atoms with Crippen LogP contribution in [0.2, 0.25) is 0 Å². The van der Waals surface area contributed by atoms with Crippen molar-refractivity contribution in [2.75, 3.05) is 0 Å². The average Bonchev–Trinajstić information content (AvgIpc) is 3.24. The number of rotatable bonds is 3. The highest BCUT2D eigenvalue weighted by Gasteiger charge is 2.61. The van der Waals surface area contributed by atoms with Crippen molar-refractivity contribution in [2.45, 2.75) is 19.3 Å². The molecule has 0 unspecified atom stereocenters. The molecule has 1 saturated heterocycles. The summed E-state index contributed by atoms with van der Waals surface area (Å²) in [6.45, 7) is 0. The summed E-state index contributed by atoms with van der Waals surface area (Å²) in [4.78, 5) is 47.3. The number of hydrazine groups is 1. The van der Waals surface area contributed by atoms with E-state index in [1.54, 1.807) is 0 Å². The Bertz CT molecular complexity index is 731. The molecule has 124 valence electrons. The Hall–Kier alpha value is -2.77. The normalized spacial score (nSPS) is 30.6. The van der Waals surface area contributed by atoms with E-state index in [0.29, 0.717) is 0 Å². The van der Waals surface area contributed by atoms with Gasteiger partial charge < -0.3 is 0 Å². The second-order valence-electron chi connectivity index (χ2n) is 6.64. The molecule has 1 aliphatic heterocycles. The molecule has 8 heteroatoms. The lowest BCUT2D eigenvalue weighted by Crippen LogP contribution is -2.47. The molecule has 3 amide bonds. The molecule has 2 aliphatic carbocycles. The molecule has 3 fully saturated rings. The molecule has 1 N–H and O–H groups in total. The number of non-ortho nitro benzene ring substituents is 1. The molecule has 3 aliphatic rings.